The summed E-state index contributed by atoms with van der Waals surface area (Å²) in [5, 5.41) is 3.08. The molecule has 96 valence electrons. The maximum Gasteiger partial charge on any atom is 0.131 e. The third kappa shape index (κ3) is 2.71. The van der Waals surface area contributed by atoms with Crippen LogP contribution in [0.5, 0.6) is 0 Å². The van der Waals surface area contributed by atoms with Gasteiger partial charge in [0.05, 0.1) is 10.4 Å². The second kappa shape index (κ2) is 5.78. The zero-order chi connectivity index (χ0) is 13.1. The molecule has 1 N–H and O–H groups in total. The maximum absolute atomic E-state index is 13.8. The zero-order valence-corrected chi connectivity index (χ0v) is 11.3. The number of nitrogens with one attached hydrogen (secondary N) is 1. The Labute approximate surface area is 113 Å². The Morgan fingerprint density at radius 1 is 1.22 bits per heavy atom. The number of thiophene rings is 1. The first-order valence-corrected chi connectivity index (χ1v) is 6.75. The van der Waals surface area contributed by atoms with E-state index in [4.69, 9.17) is 11.6 Å². The van der Waals surface area contributed by atoms with Gasteiger partial charge in [-0.2, -0.15) is 0 Å². The molecule has 0 spiro atoms. The summed E-state index contributed by atoms with van der Waals surface area (Å²) in [6, 6.07) is 6.89. The highest BCUT2D eigenvalue weighted by Gasteiger charge is 2.22. The Morgan fingerprint density at radius 2 is 1.89 bits per heavy atom. The highest BCUT2D eigenvalue weighted by Crippen LogP contribution is 2.33. The molecule has 0 bridgehead atoms. The third-order valence-corrected chi connectivity index (χ3v) is 3.87. The second-order valence-electron chi connectivity index (χ2n) is 3.77. The van der Waals surface area contributed by atoms with Crippen molar-refractivity contribution in [2.24, 2.45) is 0 Å². The molecule has 1 aromatic heterocycles. The Kier molecular flexibility index (Phi) is 4.32. The molecule has 18 heavy (non-hydrogen) atoms. The van der Waals surface area contributed by atoms with E-state index in [1.807, 2.05) is 6.92 Å². The van der Waals surface area contributed by atoms with Gasteiger partial charge in [0.25, 0.3) is 0 Å². The summed E-state index contributed by atoms with van der Waals surface area (Å²) in [5.74, 6) is -1.10. The standard InChI is InChI=1S/C13H12ClF2NS/c1-2-17-13(10-6-7-11(14)18-10)12-8(15)4-3-5-9(12)16/h3-7,13,17H,2H2,1H3. The summed E-state index contributed by atoms with van der Waals surface area (Å²) in [5.41, 5.74) is 0.0397. The molecule has 0 saturated heterocycles. The molecule has 5 heteroatoms. The number of benzene rings is 1. The molecular formula is C13H12ClF2NS. The van der Waals surface area contributed by atoms with E-state index >= 15 is 0 Å². The topological polar surface area (TPSA) is 12.0 Å². The predicted octanol–water partition coefficient (Wildman–Crippen LogP) is 4.38. The van der Waals surface area contributed by atoms with Crippen molar-refractivity contribution < 1.29 is 8.78 Å². The van der Waals surface area contributed by atoms with E-state index in [2.05, 4.69) is 5.32 Å². The molecule has 1 atom stereocenters. The average Bonchev–Trinajstić information content (AvgIpc) is 2.74. The summed E-state index contributed by atoms with van der Waals surface area (Å²) in [4.78, 5) is 0.797. The molecular weight excluding hydrogens is 276 g/mol. The van der Waals surface area contributed by atoms with Gasteiger partial charge in [0.15, 0.2) is 0 Å². The van der Waals surface area contributed by atoms with Crippen LogP contribution in [-0.2, 0) is 0 Å². The van der Waals surface area contributed by atoms with Gasteiger partial charge in [0.2, 0.25) is 0 Å². The van der Waals surface area contributed by atoms with Crippen molar-refractivity contribution in [2.45, 2.75) is 13.0 Å². The van der Waals surface area contributed by atoms with Crippen LogP contribution in [0.25, 0.3) is 0 Å². The number of halogens is 3. The highest BCUT2D eigenvalue weighted by molar-refractivity contribution is 7.16. The van der Waals surface area contributed by atoms with Gasteiger partial charge in [-0.15, -0.1) is 11.3 Å². The van der Waals surface area contributed by atoms with Crippen LogP contribution in [-0.4, -0.2) is 6.54 Å². The number of hydrogen-bond donors (Lipinski definition) is 1. The maximum atomic E-state index is 13.8. The van der Waals surface area contributed by atoms with Crippen molar-refractivity contribution in [3.05, 3.63) is 56.7 Å². The lowest BCUT2D eigenvalue weighted by molar-refractivity contribution is 0.513. The van der Waals surface area contributed by atoms with Crippen LogP contribution >= 0.6 is 22.9 Å². The van der Waals surface area contributed by atoms with Crippen LogP contribution in [0.15, 0.2) is 30.3 Å². The van der Waals surface area contributed by atoms with Gasteiger partial charge >= 0.3 is 0 Å². The van der Waals surface area contributed by atoms with E-state index in [1.165, 1.54) is 29.5 Å². The van der Waals surface area contributed by atoms with Crippen molar-refractivity contribution in [1.82, 2.24) is 5.32 Å². The molecule has 0 aliphatic carbocycles. The van der Waals surface area contributed by atoms with Gasteiger partial charge < -0.3 is 5.32 Å². The Bertz CT molecular complexity index is 521. The minimum absolute atomic E-state index is 0.0397. The van der Waals surface area contributed by atoms with Crippen LogP contribution in [0.3, 0.4) is 0 Å². The molecule has 0 radical (unpaired) electrons. The monoisotopic (exact) mass is 287 g/mol. The third-order valence-electron chi connectivity index (χ3n) is 2.58. The van der Waals surface area contributed by atoms with Crippen LogP contribution in [0.2, 0.25) is 4.34 Å². The molecule has 0 fully saturated rings. The lowest BCUT2D eigenvalue weighted by Gasteiger charge is -2.18. The van der Waals surface area contributed by atoms with Crippen LogP contribution in [0.4, 0.5) is 8.78 Å². The average molecular weight is 288 g/mol. The zero-order valence-electron chi connectivity index (χ0n) is 9.71. The fourth-order valence-corrected chi connectivity index (χ4v) is 2.97. The van der Waals surface area contributed by atoms with E-state index in [-0.39, 0.29) is 5.56 Å². The Morgan fingerprint density at radius 3 is 2.39 bits per heavy atom. The fourth-order valence-electron chi connectivity index (χ4n) is 1.82. The SMILES string of the molecule is CCNC(c1ccc(Cl)s1)c1c(F)cccc1F. The normalized spacial score (nSPS) is 12.7. The van der Waals surface area contributed by atoms with Gasteiger partial charge in [0, 0.05) is 10.4 Å². The Hall–Kier alpha value is -0.970. The molecule has 0 aliphatic rings. The van der Waals surface area contributed by atoms with Crippen molar-refractivity contribution in [3.8, 4) is 0 Å². The van der Waals surface area contributed by atoms with E-state index in [1.54, 1.807) is 12.1 Å². The number of hydrogen-bond acceptors (Lipinski definition) is 2. The predicted molar refractivity (Wildman–Crippen MR) is 71.2 cm³/mol. The highest BCUT2D eigenvalue weighted by atomic mass is 35.5. The van der Waals surface area contributed by atoms with Crippen LogP contribution < -0.4 is 5.32 Å². The van der Waals surface area contributed by atoms with Crippen LogP contribution in [0.1, 0.15) is 23.4 Å². The quantitative estimate of drug-likeness (QED) is 0.880. The summed E-state index contributed by atoms with van der Waals surface area (Å²) < 4.78 is 28.2. The number of rotatable bonds is 4. The first-order chi connectivity index (χ1) is 8.63. The molecule has 0 saturated carbocycles. The lowest BCUT2D eigenvalue weighted by atomic mass is 10.0. The van der Waals surface area contributed by atoms with Crippen LogP contribution in [0, 0.1) is 11.6 Å². The van der Waals surface area contributed by atoms with Gasteiger partial charge in [-0.05, 0) is 30.8 Å². The minimum Gasteiger partial charge on any atom is -0.306 e. The molecule has 1 heterocycles. The largest absolute Gasteiger partial charge is 0.306 e. The molecule has 1 nitrogen and oxygen atoms in total. The Balaban J connectivity index is 2.47. The van der Waals surface area contributed by atoms with Gasteiger partial charge in [-0.1, -0.05) is 24.6 Å². The minimum atomic E-state index is -0.550. The first kappa shape index (κ1) is 13.5. The molecule has 1 aromatic carbocycles. The van der Waals surface area contributed by atoms with E-state index < -0.39 is 17.7 Å². The van der Waals surface area contributed by atoms with Gasteiger partial charge in [-0.3, -0.25) is 0 Å². The lowest BCUT2D eigenvalue weighted by Crippen LogP contribution is -2.23. The summed E-state index contributed by atoms with van der Waals surface area (Å²) in [7, 11) is 0. The summed E-state index contributed by atoms with van der Waals surface area (Å²) >= 11 is 7.19. The van der Waals surface area contributed by atoms with E-state index in [0.29, 0.717) is 10.9 Å². The molecule has 1 unspecified atom stereocenters. The molecule has 0 aliphatic heterocycles. The van der Waals surface area contributed by atoms with Gasteiger partial charge in [0.1, 0.15) is 11.6 Å². The fraction of sp³-hybridized carbons (Fsp3) is 0.231. The second-order valence-corrected chi connectivity index (χ2v) is 5.51. The molecule has 2 rings (SSSR count). The van der Waals surface area contributed by atoms with Crippen molar-refractivity contribution in [2.75, 3.05) is 6.54 Å². The van der Waals surface area contributed by atoms with Gasteiger partial charge in [-0.25, -0.2) is 8.78 Å². The van der Waals surface area contributed by atoms with Crippen molar-refractivity contribution >= 4 is 22.9 Å². The van der Waals surface area contributed by atoms with Crippen molar-refractivity contribution in [3.63, 3.8) is 0 Å². The first-order valence-electron chi connectivity index (χ1n) is 5.56. The smallest absolute Gasteiger partial charge is 0.131 e. The van der Waals surface area contributed by atoms with Crippen molar-refractivity contribution in [1.29, 1.82) is 0 Å². The molecule has 2 aromatic rings. The van der Waals surface area contributed by atoms with E-state index in [0.717, 1.165) is 4.88 Å². The summed E-state index contributed by atoms with van der Waals surface area (Å²) in [6.45, 7) is 2.49. The summed E-state index contributed by atoms with van der Waals surface area (Å²) in [6.07, 6.45) is 0. The van der Waals surface area contributed by atoms with E-state index in [9.17, 15) is 8.78 Å². The molecule has 0 amide bonds.